The topological polar surface area (TPSA) is 63.1 Å². The Labute approximate surface area is 86.2 Å². The molecule has 0 radical (unpaired) electrons. The molecule has 0 aromatic carbocycles. The second kappa shape index (κ2) is 5.35. The average Bonchev–Trinajstić information content (AvgIpc) is 2.50. The third kappa shape index (κ3) is 4.01. The zero-order valence-electron chi connectivity index (χ0n) is 7.78. The molecule has 0 amide bonds. The third-order valence-corrected chi connectivity index (χ3v) is 2.04. The summed E-state index contributed by atoms with van der Waals surface area (Å²) in [7, 11) is 0. The molecule has 1 aromatic heterocycles. The SMILES string of the molecule is Cc1nc(C#CCCCC(=O)O)ns1. The van der Waals surface area contributed by atoms with E-state index in [9.17, 15) is 4.79 Å². The molecule has 0 aliphatic heterocycles. The highest BCUT2D eigenvalue weighted by Gasteiger charge is 1.95. The fraction of sp³-hybridized carbons (Fsp3) is 0.444. The molecule has 0 aliphatic rings. The van der Waals surface area contributed by atoms with Crippen LogP contribution in [0, 0.1) is 18.8 Å². The second-order valence-electron chi connectivity index (χ2n) is 2.69. The predicted molar refractivity (Wildman–Crippen MR) is 53.0 cm³/mol. The predicted octanol–water partition coefficient (Wildman–Crippen LogP) is 1.45. The van der Waals surface area contributed by atoms with Gasteiger partial charge in [-0.1, -0.05) is 5.92 Å². The zero-order chi connectivity index (χ0) is 10.4. The summed E-state index contributed by atoms with van der Waals surface area (Å²) in [5.74, 6) is 5.37. The van der Waals surface area contributed by atoms with Crippen LogP contribution < -0.4 is 0 Å². The standard InChI is InChI=1S/C9H10N2O2S/c1-7-10-8(11-14-7)5-3-2-4-6-9(12)13/h2,4,6H2,1H3,(H,12,13). The number of unbranched alkanes of at least 4 members (excludes halogenated alkanes) is 1. The molecule has 74 valence electrons. The number of aromatic nitrogens is 2. The van der Waals surface area contributed by atoms with Crippen LogP contribution in [-0.2, 0) is 4.79 Å². The van der Waals surface area contributed by atoms with Crippen molar-refractivity contribution in [3.05, 3.63) is 10.8 Å². The van der Waals surface area contributed by atoms with E-state index < -0.39 is 5.97 Å². The Balaban J connectivity index is 2.30. The molecule has 0 unspecified atom stereocenters. The van der Waals surface area contributed by atoms with Crippen LogP contribution in [-0.4, -0.2) is 20.4 Å². The van der Waals surface area contributed by atoms with E-state index in [0.717, 1.165) is 5.01 Å². The minimum absolute atomic E-state index is 0.165. The van der Waals surface area contributed by atoms with Crippen LogP contribution in [0.2, 0.25) is 0 Å². The molecule has 1 heterocycles. The highest BCUT2D eigenvalue weighted by Crippen LogP contribution is 2.00. The first-order chi connectivity index (χ1) is 6.68. The van der Waals surface area contributed by atoms with Crippen molar-refractivity contribution < 1.29 is 9.90 Å². The normalized spacial score (nSPS) is 9.21. The largest absolute Gasteiger partial charge is 0.481 e. The van der Waals surface area contributed by atoms with E-state index in [2.05, 4.69) is 21.2 Å². The van der Waals surface area contributed by atoms with E-state index in [1.165, 1.54) is 11.5 Å². The van der Waals surface area contributed by atoms with Gasteiger partial charge < -0.3 is 5.11 Å². The number of carboxylic acids is 1. The van der Waals surface area contributed by atoms with Crippen LogP contribution >= 0.6 is 11.5 Å². The highest BCUT2D eigenvalue weighted by molar-refractivity contribution is 7.05. The summed E-state index contributed by atoms with van der Waals surface area (Å²) in [5, 5.41) is 9.25. The van der Waals surface area contributed by atoms with Crippen molar-refractivity contribution in [3.63, 3.8) is 0 Å². The number of hydrogen-bond donors (Lipinski definition) is 1. The van der Waals surface area contributed by atoms with Crippen LogP contribution in [0.1, 0.15) is 30.1 Å². The van der Waals surface area contributed by atoms with Crippen LogP contribution in [0.4, 0.5) is 0 Å². The van der Waals surface area contributed by atoms with Gasteiger partial charge in [-0.15, -0.1) is 0 Å². The number of aryl methyl sites for hydroxylation is 1. The Hall–Kier alpha value is -1.41. The summed E-state index contributed by atoms with van der Waals surface area (Å²) < 4.78 is 3.99. The Kier molecular flexibility index (Phi) is 4.08. The summed E-state index contributed by atoms with van der Waals surface area (Å²) in [6.45, 7) is 1.87. The van der Waals surface area contributed by atoms with Crippen molar-refractivity contribution in [1.29, 1.82) is 0 Å². The Morgan fingerprint density at radius 2 is 2.43 bits per heavy atom. The van der Waals surface area contributed by atoms with Gasteiger partial charge >= 0.3 is 5.97 Å². The van der Waals surface area contributed by atoms with E-state index in [1.807, 2.05) is 6.92 Å². The molecule has 0 saturated carbocycles. The van der Waals surface area contributed by atoms with E-state index in [1.54, 1.807) is 0 Å². The summed E-state index contributed by atoms with van der Waals surface area (Å²) >= 11 is 1.32. The highest BCUT2D eigenvalue weighted by atomic mass is 32.1. The van der Waals surface area contributed by atoms with E-state index >= 15 is 0 Å². The number of carboxylic acid groups (broad SMARTS) is 1. The van der Waals surface area contributed by atoms with Crippen molar-refractivity contribution >= 4 is 17.5 Å². The third-order valence-electron chi connectivity index (χ3n) is 1.42. The summed E-state index contributed by atoms with van der Waals surface area (Å²) in [6, 6.07) is 0. The van der Waals surface area contributed by atoms with Gasteiger partial charge in [0.15, 0.2) is 0 Å². The van der Waals surface area contributed by atoms with Crippen LogP contribution in [0.15, 0.2) is 0 Å². The maximum absolute atomic E-state index is 10.2. The lowest BCUT2D eigenvalue weighted by Gasteiger charge is -1.86. The molecule has 0 aliphatic carbocycles. The first-order valence-electron chi connectivity index (χ1n) is 4.19. The molecule has 0 fully saturated rings. The van der Waals surface area contributed by atoms with Crippen LogP contribution in [0.5, 0.6) is 0 Å². The maximum atomic E-state index is 10.2. The van der Waals surface area contributed by atoms with Crippen molar-refractivity contribution in [2.75, 3.05) is 0 Å². The Bertz CT molecular complexity index is 376. The van der Waals surface area contributed by atoms with Gasteiger partial charge in [-0.3, -0.25) is 4.79 Å². The smallest absolute Gasteiger partial charge is 0.303 e. The van der Waals surface area contributed by atoms with Crippen LogP contribution in [0.25, 0.3) is 0 Å². The molecule has 0 saturated heterocycles. The lowest BCUT2D eigenvalue weighted by molar-refractivity contribution is -0.137. The number of rotatable bonds is 3. The quantitative estimate of drug-likeness (QED) is 0.606. The van der Waals surface area contributed by atoms with Gasteiger partial charge in [-0.05, 0) is 30.8 Å². The van der Waals surface area contributed by atoms with Crippen molar-refractivity contribution in [2.45, 2.75) is 26.2 Å². The Morgan fingerprint density at radius 1 is 1.64 bits per heavy atom. The zero-order valence-corrected chi connectivity index (χ0v) is 8.60. The molecular weight excluding hydrogens is 200 g/mol. The molecule has 14 heavy (non-hydrogen) atoms. The van der Waals surface area contributed by atoms with Gasteiger partial charge in [-0.25, -0.2) is 4.98 Å². The molecule has 0 bridgehead atoms. The van der Waals surface area contributed by atoms with Gasteiger partial charge in [-0.2, -0.15) is 4.37 Å². The van der Waals surface area contributed by atoms with Crippen molar-refractivity contribution in [2.24, 2.45) is 0 Å². The summed E-state index contributed by atoms with van der Waals surface area (Å²) in [4.78, 5) is 14.2. The van der Waals surface area contributed by atoms with Gasteiger partial charge in [0.2, 0.25) is 5.82 Å². The maximum Gasteiger partial charge on any atom is 0.303 e. The minimum Gasteiger partial charge on any atom is -0.481 e. The van der Waals surface area contributed by atoms with E-state index in [0.29, 0.717) is 18.7 Å². The average molecular weight is 210 g/mol. The van der Waals surface area contributed by atoms with E-state index in [-0.39, 0.29) is 6.42 Å². The lowest BCUT2D eigenvalue weighted by Crippen LogP contribution is -1.92. The van der Waals surface area contributed by atoms with Gasteiger partial charge in [0.25, 0.3) is 0 Å². The van der Waals surface area contributed by atoms with Crippen LogP contribution in [0.3, 0.4) is 0 Å². The summed E-state index contributed by atoms with van der Waals surface area (Å²) in [5.41, 5.74) is 0. The van der Waals surface area contributed by atoms with Gasteiger partial charge in [0.05, 0.1) is 0 Å². The number of aliphatic carboxylic acids is 1. The molecule has 1 N–H and O–H groups in total. The fourth-order valence-corrected chi connectivity index (χ4v) is 1.25. The minimum atomic E-state index is -0.783. The monoisotopic (exact) mass is 210 g/mol. The van der Waals surface area contributed by atoms with E-state index in [4.69, 9.17) is 5.11 Å². The second-order valence-corrected chi connectivity index (χ2v) is 3.64. The molecule has 0 spiro atoms. The fourth-order valence-electron chi connectivity index (χ4n) is 0.820. The molecule has 1 rings (SSSR count). The first-order valence-corrected chi connectivity index (χ1v) is 4.97. The van der Waals surface area contributed by atoms with Crippen molar-refractivity contribution in [3.8, 4) is 11.8 Å². The lowest BCUT2D eigenvalue weighted by atomic mass is 10.2. The molecule has 1 aromatic rings. The molecule has 0 atom stereocenters. The molecule has 4 nitrogen and oxygen atoms in total. The molecule has 5 heteroatoms. The Morgan fingerprint density at radius 3 is 3.00 bits per heavy atom. The number of hydrogen-bond acceptors (Lipinski definition) is 4. The van der Waals surface area contributed by atoms with Gasteiger partial charge in [0, 0.05) is 12.8 Å². The van der Waals surface area contributed by atoms with Gasteiger partial charge in [0.1, 0.15) is 5.01 Å². The first kappa shape index (κ1) is 10.7. The summed E-state index contributed by atoms with van der Waals surface area (Å²) in [6.07, 6.45) is 1.31. The van der Waals surface area contributed by atoms with Crippen molar-refractivity contribution in [1.82, 2.24) is 9.36 Å². The number of nitrogens with zero attached hydrogens (tertiary/aromatic N) is 2. The molecular formula is C9H10N2O2S. The number of carbonyl (C=O) groups is 1.